The molecule has 0 fully saturated rings. The number of carbonyl (C=O) groups excluding carboxylic acids is 2. The van der Waals surface area contributed by atoms with Crippen LogP contribution in [0.25, 0.3) is 0 Å². The van der Waals surface area contributed by atoms with E-state index in [-0.39, 0.29) is 6.61 Å². The standard InChI is InChI=1S/C8H9NO3S/c1-2-12-8(11)7(10)9-6-3-4-13-5-6/h3-5H,2H2,1H3,(H,9,10). The van der Waals surface area contributed by atoms with Gasteiger partial charge in [0.2, 0.25) is 0 Å². The molecule has 0 bridgehead atoms. The fourth-order valence-corrected chi connectivity index (χ4v) is 1.30. The van der Waals surface area contributed by atoms with Crippen LogP contribution >= 0.6 is 11.3 Å². The van der Waals surface area contributed by atoms with Crippen LogP contribution in [-0.2, 0) is 14.3 Å². The number of esters is 1. The molecule has 0 aliphatic rings. The minimum absolute atomic E-state index is 0.204. The van der Waals surface area contributed by atoms with E-state index in [4.69, 9.17) is 0 Å². The van der Waals surface area contributed by atoms with Crippen molar-refractivity contribution in [3.8, 4) is 0 Å². The molecule has 0 aromatic carbocycles. The SMILES string of the molecule is CCOC(=O)C(=O)Nc1ccsc1. The van der Waals surface area contributed by atoms with E-state index in [9.17, 15) is 9.59 Å². The van der Waals surface area contributed by atoms with Crippen LogP contribution in [0.4, 0.5) is 5.69 Å². The number of rotatable bonds is 2. The van der Waals surface area contributed by atoms with Crippen molar-refractivity contribution in [1.29, 1.82) is 0 Å². The molecule has 1 heterocycles. The highest BCUT2D eigenvalue weighted by Gasteiger charge is 2.14. The van der Waals surface area contributed by atoms with E-state index >= 15 is 0 Å². The molecule has 0 saturated heterocycles. The fraction of sp³-hybridized carbons (Fsp3) is 0.250. The van der Waals surface area contributed by atoms with Crippen LogP contribution < -0.4 is 5.32 Å². The van der Waals surface area contributed by atoms with Gasteiger partial charge in [0.05, 0.1) is 12.3 Å². The Hall–Kier alpha value is -1.36. The molecule has 0 saturated carbocycles. The van der Waals surface area contributed by atoms with Crippen molar-refractivity contribution < 1.29 is 14.3 Å². The van der Waals surface area contributed by atoms with Gasteiger partial charge in [0.1, 0.15) is 0 Å². The molecule has 0 aliphatic heterocycles. The molecule has 0 aliphatic carbocycles. The summed E-state index contributed by atoms with van der Waals surface area (Å²) in [5.74, 6) is -1.59. The lowest BCUT2D eigenvalue weighted by Gasteiger charge is -2.01. The molecule has 1 N–H and O–H groups in total. The van der Waals surface area contributed by atoms with Crippen LogP contribution in [0.2, 0.25) is 0 Å². The van der Waals surface area contributed by atoms with Gasteiger partial charge >= 0.3 is 11.9 Å². The molecule has 13 heavy (non-hydrogen) atoms. The lowest BCUT2D eigenvalue weighted by atomic mass is 10.5. The maximum atomic E-state index is 11.0. The molecule has 0 radical (unpaired) electrons. The zero-order valence-electron chi connectivity index (χ0n) is 7.07. The number of ether oxygens (including phenoxy) is 1. The summed E-state index contributed by atoms with van der Waals surface area (Å²) < 4.78 is 4.50. The lowest BCUT2D eigenvalue weighted by molar-refractivity contribution is -0.152. The van der Waals surface area contributed by atoms with E-state index in [0.29, 0.717) is 5.69 Å². The van der Waals surface area contributed by atoms with Gasteiger partial charge in [-0.2, -0.15) is 11.3 Å². The Morgan fingerprint density at radius 1 is 1.62 bits per heavy atom. The Morgan fingerprint density at radius 2 is 2.38 bits per heavy atom. The van der Waals surface area contributed by atoms with Crippen molar-refractivity contribution >= 4 is 28.9 Å². The van der Waals surface area contributed by atoms with Gasteiger partial charge in [0.15, 0.2) is 0 Å². The van der Waals surface area contributed by atoms with Gasteiger partial charge in [-0.05, 0) is 18.4 Å². The summed E-state index contributed by atoms with van der Waals surface area (Å²) in [6.45, 7) is 1.85. The highest BCUT2D eigenvalue weighted by molar-refractivity contribution is 7.08. The molecular weight excluding hydrogens is 190 g/mol. The molecule has 0 unspecified atom stereocenters. The van der Waals surface area contributed by atoms with Gasteiger partial charge in [-0.3, -0.25) is 4.79 Å². The first-order chi connectivity index (χ1) is 6.24. The van der Waals surface area contributed by atoms with Crippen molar-refractivity contribution in [2.75, 3.05) is 11.9 Å². The van der Waals surface area contributed by atoms with Crippen molar-refractivity contribution in [3.05, 3.63) is 16.8 Å². The van der Waals surface area contributed by atoms with E-state index < -0.39 is 11.9 Å². The Morgan fingerprint density at radius 3 is 2.92 bits per heavy atom. The van der Waals surface area contributed by atoms with Crippen LogP contribution in [0.5, 0.6) is 0 Å². The van der Waals surface area contributed by atoms with Crippen LogP contribution in [0, 0.1) is 0 Å². The predicted octanol–water partition coefficient (Wildman–Crippen LogP) is 1.25. The van der Waals surface area contributed by atoms with Crippen LogP contribution in [0.15, 0.2) is 16.8 Å². The van der Waals surface area contributed by atoms with E-state index in [1.165, 1.54) is 11.3 Å². The monoisotopic (exact) mass is 199 g/mol. The summed E-state index contributed by atoms with van der Waals surface area (Å²) in [5, 5.41) is 5.94. The number of anilines is 1. The summed E-state index contributed by atoms with van der Waals surface area (Å²) in [4.78, 5) is 21.9. The molecular formula is C8H9NO3S. The number of thiophene rings is 1. The highest BCUT2D eigenvalue weighted by Crippen LogP contribution is 2.11. The number of hydrogen-bond donors (Lipinski definition) is 1. The first-order valence-corrected chi connectivity index (χ1v) is 4.68. The maximum Gasteiger partial charge on any atom is 0.397 e. The zero-order valence-corrected chi connectivity index (χ0v) is 7.89. The normalized spacial score (nSPS) is 9.31. The molecule has 1 aromatic heterocycles. The Labute approximate surface area is 79.5 Å². The second-order valence-corrected chi connectivity index (χ2v) is 2.97. The molecule has 4 nitrogen and oxygen atoms in total. The third-order valence-corrected chi connectivity index (χ3v) is 1.92. The molecule has 1 amide bonds. The third kappa shape index (κ3) is 2.87. The van der Waals surface area contributed by atoms with Gasteiger partial charge in [0.25, 0.3) is 0 Å². The van der Waals surface area contributed by atoms with Crippen molar-refractivity contribution in [2.45, 2.75) is 6.92 Å². The van der Waals surface area contributed by atoms with Crippen LogP contribution in [0.1, 0.15) is 6.92 Å². The van der Waals surface area contributed by atoms with Gasteiger partial charge in [-0.1, -0.05) is 0 Å². The Bertz CT molecular complexity index is 294. The number of nitrogens with one attached hydrogen (secondary N) is 1. The summed E-state index contributed by atoms with van der Waals surface area (Å²) in [7, 11) is 0. The summed E-state index contributed by atoms with van der Waals surface area (Å²) in [5.41, 5.74) is 0.614. The van der Waals surface area contributed by atoms with Crippen molar-refractivity contribution in [1.82, 2.24) is 0 Å². The molecule has 1 rings (SSSR count). The maximum absolute atomic E-state index is 11.0. The van der Waals surface area contributed by atoms with Crippen LogP contribution in [-0.4, -0.2) is 18.5 Å². The largest absolute Gasteiger partial charge is 0.459 e. The van der Waals surface area contributed by atoms with Gasteiger partial charge < -0.3 is 10.1 Å². The van der Waals surface area contributed by atoms with E-state index in [2.05, 4.69) is 10.1 Å². The average molecular weight is 199 g/mol. The quantitative estimate of drug-likeness (QED) is 0.576. The second-order valence-electron chi connectivity index (χ2n) is 2.19. The second kappa shape index (κ2) is 4.61. The topological polar surface area (TPSA) is 55.4 Å². The van der Waals surface area contributed by atoms with Gasteiger partial charge in [-0.15, -0.1) is 0 Å². The predicted molar refractivity (Wildman–Crippen MR) is 49.6 cm³/mol. The van der Waals surface area contributed by atoms with Crippen LogP contribution in [0.3, 0.4) is 0 Å². The Balaban J connectivity index is 2.46. The molecule has 0 spiro atoms. The third-order valence-electron chi connectivity index (χ3n) is 1.24. The molecule has 5 heteroatoms. The lowest BCUT2D eigenvalue weighted by Crippen LogP contribution is -2.24. The molecule has 1 aromatic rings. The van der Waals surface area contributed by atoms with Gasteiger partial charge in [0, 0.05) is 5.38 Å². The summed E-state index contributed by atoms with van der Waals surface area (Å²) >= 11 is 1.44. The van der Waals surface area contributed by atoms with Gasteiger partial charge in [-0.25, -0.2) is 4.79 Å². The van der Waals surface area contributed by atoms with Crippen molar-refractivity contribution in [2.24, 2.45) is 0 Å². The highest BCUT2D eigenvalue weighted by atomic mass is 32.1. The number of amides is 1. The molecule has 0 atom stereocenters. The molecule has 70 valence electrons. The fourth-order valence-electron chi connectivity index (χ4n) is 0.714. The average Bonchev–Trinajstić information content (AvgIpc) is 2.57. The first kappa shape index (κ1) is 9.73. The van der Waals surface area contributed by atoms with Crippen molar-refractivity contribution in [3.63, 3.8) is 0 Å². The first-order valence-electron chi connectivity index (χ1n) is 3.74. The number of hydrogen-bond acceptors (Lipinski definition) is 4. The zero-order chi connectivity index (χ0) is 9.68. The Kier molecular flexibility index (Phi) is 3.45. The van der Waals surface area contributed by atoms with E-state index in [0.717, 1.165) is 0 Å². The van der Waals surface area contributed by atoms with E-state index in [1.54, 1.807) is 23.8 Å². The summed E-state index contributed by atoms with van der Waals surface area (Å²) in [6, 6.07) is 1.71. The van der Waals surface area contributed by atoms with E-state index in [1.807, 2.05) is 0 Å². The summed E-state index contributed by atoms with van der Waals surface area (Å²) in [6.07, 6.45) is 0. The minimum Gasteiger partial charge on any atom is -0.459 e. The minimum atomic E-state index is -0.853. The smallest absolute Gasteiger partial charge is 0.397 e. The number of carbonyl (C=O) groups is 2.